The number of alkyl halides is 2. The van der Waals surface area contributed by atoms with Gasteiger partial charge in [0.05, 0.1) is 11.9 Å². The van der Waals surface area contributed by atoms with Crippen molar-refractivity contribution in [3.05, 3.63) is 46.7 Å². The lowest BCUT2D eigenvalue weighted by Crippen LogP contribution is -2.26. The van der Waals surface area contributed by atoms with Crippen LogP contribution in [-0.4, -0.2) is 42.2 Å². The third kappa shape index (κ3) is 3.17. The maximum atomic E-state index is 13.5. The first-order valence-electron chi connectivity index (χ1n) is 8.76. The lowest BCUT2D eigenvalue weighted by atomic mass is 10.2. The van der Waals surface area contributed by atoms with Crippen molar-refractivity contribution < 1.29 is 13.6 Å². The number of nitrogens with zero attached hydrogens (tertiary/aromatic N) is 6. The number of amides is 1. The Balaban J connectivity index is 1.70. The molecule has 0 atom stereocenters. The first-order chi connectivity index (χ1) is 12.8. The Hall–Kier alpha value is -2.84. The molecule has 0 N–H and O–H groups in total. The highest BCUT2D eigenvalue weighted by atomic mass is 19.3. The van der Waals surface area contributed by atoms with E-state index in [2.05, 4.69) is 15.2 Å². The summed E-state index contributed by atoms with van der Waals surface area (Å²) in [6.45, 7) is 2.24. The molecule has 0 saturated heterocycles. The van der Waals surface area contributed by atoms with E-state index < -0.39 is 6.43 Å². The van der Waals surface area contributed by atoms with E-state index in [4.69, 9.17) is 0 Å². The Morgan fingerprint density at radius 3 is 2.74 bits per heavy atom. The number of rotatable bonds is 5. The first-order valence-corrected chi connectivity index (χ1v) is 8.76. The molecule has 0 aliphatic heterocycles. The minimum Gasteiger partial charge on any atom is -0.337 e. The smallest absolute Gasteiger partial charge is 0.280 e. The van der Waals surface area contributed by atoms with Gasteiger partial charge in [-0.2, -0.15) is 10.2 Å². The zero-order valence-electron chi connectivity index (χ0n) is 15.4. The zero-order valence-corrected chi connectivity index (χ0v) is 15.4. The lowest BCUT2D eigenvalue weighted by Gasteiger charge is -2.16. The molecule has 1 aliphatic rings. The van der Waals surface area contributed by atoms with E-state index in [9.17, 15) is 13.6 Å². The van der Waals surface area contributed by atoms with E-state index in [-0.39, 0.29) is 28.7 Å². The van der Waals surface area contributed by atoms with Gasteiger partial charge in [0.2, 0.25) is 0 Å². The standard InChI is InChI=1S/C18H20F2N6O/c1-10-12(9-25(3)23-10)8-24(2)18(27)13-7-21-26-15(16(19)20)6-14(11-4-5-11)22-17(13)26/h6-7,9,11,16H,4-5,8H2,1-3H3. The molecule has 0 aromatic carbocycles. The van der Waals surface area contributed by atoms with Gasteiger partial charge in [0.25, 0.3) is 12.3 Å². The topological polar surface area (TPSA) is 68.3 Å². The maximum Gasteiger partial charge on any atom is 0.280 e. The number of aryl methyl sites for hydroxylation is 2. The summed E-state index contributed by atoms with van der Waals surface area (Å²) < 4.78 is 29.7. The molecule has 1 amide bonds. The van der Waals surface area contributed by atoms with Gasteiger partial charge in [0.15, 0.2) is 5.65 Å². The minimum atomic E-state index is -2.69. The van der Waals surface area contributed by atoms with E-state index in [0.29, 0.717) is 12.2 Å². The lowest BCUT2D eigenvalue weighted by molar-refractivity contribution is 0.0786. The van der Waals surface area contributed by atoms with Crippen LogP contribution in [0.2, 0.25) is 0 Å². The van der Waals surface area contributed by atoms with Crippen molar-refractivity contribution in [2.75, 3.05) is 7.05 Å². The normalized spacial score (nSPS) is 14.3. The minimum absolute atomic E-state index is 0.189. The Morgan fingerprint density at radius 1 is 1.41 bits per heavy atom. The predicted molar refractivity (Wildman–Crippen MR) is 93.7 cm³/mol. The molecule has 1 fully saturated rings. The Bertz CT molecular complexity index is 1020. The Kier molecular flexibility index (Phi) is 4.16. The van der Waals surface area contributed by atoms with E-state index in [1.54, 1.807) is 11.7 Å². The quantitative estimate of drug-likeness (QED) is 0.689. The number of hydrogen-bond acceptors (Lipinski definition) is 4. The molecule has 4 rings (SSSR count). The van der Waals surface area contributed by atoms with Crippen LogP contribution in [-0.2, 0) is 13.6 Å². The van der Waals surface area contributed by atoms with E-state index >= 15 is 0 Å². The molecule has 1 aliphatic carbocycles. The van der Waals surface area contributed by atoms with Crippen LogP contribution in [0.3, 0.4) is 0 Å². The Labute approximate surface area is 154 Å². The van der Waals surface area contributed by atoms with Gasteiger partial charge in [0, 0.05) is 44.0 Å². The van der Waals surface area contributed by atoms with Crippen LogP contribution < -0.4 is 0 Å². The number of carbonyl (C=O) groups is 1. The second kappa shape index (κ2) is 6.40. The molecule has 3 heterocycles. The van der Waals surface area contributed by atoms with Crippen molar-refractivity contribution in [1.29, 1.82) is 0 Å². The molecule has 3 aromatic rings. The van der Waals surface area contributed by atoms with E-state index in [1.807, 2.05) is 20.2 Å². The van der Waals surface area contributed by atoms with E-state index in [1.165, 1.54) is 17.2 Å². The molecule has 0 radical (unpaired) electrons. The van der Waals surface area contributed by atoms with Crippen molar-refractivity contribution >= 4 is 11.6 Å². The molecule has 1 saturated carbocycles. The van der Waals surface area contributed by atoms with Crippen molar-refractivity contribution in [2.24, 2.45) is 7.05 Å². The van der Waals surface area contributed by atoms with Crippen LogP contribution in [0.1, 0.15) is 58.2 Å². The molecule has 0 bridgehead atoms. The van der Waals surface area contributed by atoms with Crippen LogP contribution in [0, 0.1) is 6.92 Å². The summed E-state index contributed by atoms with van der Waals surface area (Å²) in [5.74, 6) is -0.116. The fraction of sp³-hybridized carbons (Fsp3) is 0.444. The van der Waals surface area contributed by atoms with Crippen LogP contribution in [0.15, 0.2) is 18.5 Å². The second-order valence-electron chi connectivity index (χ2n) is 7.05. The van der Waals surface area contributed by atoms with Gasteiger partial charge >= 0.3 is 0 Å². The average Bonchev–Trinajstić information content (AvgIpc) is 3.31. The van der Waals surface area contributed by atoms with Gasteiger partial charge in [-0.1, -0.05) is 0 Å². The summed E-state index contributed by atoms with van der Waals surface area (Å²) in [6.07, 6.45) is 2.35. The van der Waals surface area contributed by atoms with Gasteiger partial charge in [-0.25, -0.2) is 18.3 Å². The van der Waals surface area contributed by atoms with Crippen LogP contribution >= 0.6 is 0 Å². The summed E-state index contributed by atoms with van der Waals surface area (Å²) in [4.78, 5) is 18.9. The SMILES string of the molecule is Cc1nn(C)cc1CN(C)C(=O)c1cnn2c(C(F)F)cc(C3CC3)nc12. The second-order valence-corrected chi connectivity index (χ2v) is 7.05. The summed E-state index contributed by atoms with van der Waals surface area (Å²) in [5.41, 5.74) is 2.55. The summed E-state index contributed by atoms with van der Waals surface area (Å²) in [6, 6.07) is 1.40. The largest absolute Gasteiger partial charge is 0.337 e. The van der Waals surface area contributed by atoms with Gasteiger partial charge in [0.1, 0.15) is 11.3 Å². The number of fused-ring (bicyclic) bond motifs is 1. The molecule has 142 valence electrons. The number of halogens is 2. The molecule has 27 heavy (non-hydrogen) atoms. The highest BCUT2D eigenvalue weighted by Crippen LogP contribution is 2.40. The molecular weight excluding hydrogens is 354 g/mol. The number of aromatic nitrogens is 5. The maximum absolute atomic E-state index is 13.5. The van der Waals surface area contributed by atoms with Crippen molar-refractivity contribution in [3.63, 3.8) is 0 Å². The fourth-order valence-electron chi connectivity index (χ4n) is 3.24. The highest BCUT2D eigenvalue weighted by molar-refractivity contribution is 5.99. The van der Waals surface area contributed by atoms with Crippen LogP contribution in [0.5, 0.6) is 0 Å². The van der Waals surface area contributed by atoms with Gasteiger partial charge in [-0.05, 0) is 25.8 Å². The predicted octanol–water partition coefficient (Wildman–Crippen LogP) is 2.86. The molecule has 3 aromatic heterocycles. The molecule has 0 unspecified atom stereocenters. The summed E-state index contributed by atoms with van der Waals surface area (Å²) in [5, 5.41) is 8.27. The molecule has 7 nitrogen and oxygen atoms in total. The van der Waals surface area contributed by atoms with Gasteiger partial charge in [-0.15, -0.1) is 0 Å². The summed E-state index contributed by atoms with van der Waals surface area (Å²) >= 11 is 0. The fourth-order valence-corrected chi connectivity index (χ4v) is 3.24. The summed E-state index contributed by atoms with van der Waals surface area (Å²) in [7, 11) is 3.48. The van der Waals surface area contributed by atoms with Crippen LogP contribution in [0.25, 0.3) is 5.65 Å². The first kappa shape index (κ1) is 17.6. The molecular formula is C18H20F2N6O. The average molecular weight is 374 g/mol. The molecule has 9 heteroatoms. The van der Waals surface area contributed by atoms with Crippen molar-refractivity contribution in [1.82, 2.24) is 29.3 Å². The monoisotopic (exact) mass is 374 g/mol. The zero-order chi connectivity index (χ0) is 19.3. The molecule has 0 spiro atoms. The van der Waals surface area contributed by atoms with Crippen molar-refractivity contribution in [2.45, 2.75) is 38.7 Å². The van der Waals surface area contributed by atoms with Gasteiger partial charge < -0.3 is 4.90 Å². The van der Waals surface area contributed by atoms with Crippen LogP contribution in [0.4, 0.5) is 8.78 Å². The van der Waals surface area contributed by atoms with Gasteiger partial charge in [-0.3, -0.25) is 9.48 Å². The third-order valence-electron chi connectivity index (χ3n) is 4.84. The highest BCUT2D eigenvalue weighted by Gasteiger charge is 2.29. The Morgan fingerprint density at radius 2 is 2.15 bits per heavy atom. The van der Waals surface area contributed by atoms with E-state index in [0.717, 1.165) is 28.6 Å². The number of hydrogen-bond donors (Lipinski definition) is 0. The third-order valence-corrected chi connectivity index (χ3v) is 4.84. The number of carbonyl (C=O) groups excluding carboxylic acids is 1. The van der Waals surface area contributed by atoms with Crippen molar-refractivity contribution in [3.8, 4) is 0 Å².